The molecule has 0 aliphatic carbocycles. The van der Waals surface area contributed by atoms with Gasteiger partial charge in [-0.3, -0.25) is 0 Å². The minimum absolute atomic E-state index is 0.554. The summed E-state index contributed by atoms with van der Waals surface area (Å²) in [6, 6.07) is 8.54. The lowest BCUT2D eigenvalue weighted by molar-refractivity contribution is -0.911. The highest BCUT2D eigenvalue weighted by molar-refractivity contribution is 7.73. The largest absolute Gasteiger partial charge is 0.330 e. The Labute approximate surface area is 140 Å². The second-order valence-corrected chi connectivity index (χ2v) is 7.81. The van der Waals surface area contributed by atoms with Crippen LogP contribution in [0.2, 0.25) is 0 Å². The zero-order chi connectivity index (χ0) is 15.5. The summed E-state index contributed by atoms with van der Waals surface area (Å²) in [4.78, 5) is 1.58. The predicted octanol–water partition coefficient (Wildman–Crippen LogP) is 3.18. The number of anilines is 2. The summed E-state index contributed by atoms with van der Waals surface area (Å²) >= 11 is 6.99. The SMILES string of the molecule is CC(C)c1ccc(Nc2nn(C[NH+]3CCCC3)c(=S)s2)cc1. The van der Waals surface area contributed by atoms with Crippen molar-refractivity contribution in [2.45, 2.75) is 39.3 Å². The van der Waals surface area contributed by atoms with Gasteiger partial charge in [0.15, 0.2) is 10.6 Å². The zero-order valence-electron chi connectivity index (χ0n) is 13.1. The summed E-state index contributed by atoms with van der Waals surface area (Å²) in [5.74, 6) is 0.554. The van der Waals surface area contributed by atoms with E-state index in [1.165, 1.54) is 31.5 Å². The Morgan fingerprint density at radius 1 is 1.27 bits per heavy atom. The molecule has 2 heterocycles. The summed E-state index contributed by atoms with van der Waals surface area (Å²) in [5, 5.41) is 8.87. The monoisotopic (exact) mass is 335 g/mol. The first-order valence-corrected chi connectivity index (χ1v) is 9.13. The molecule has 4 nitrogen and oxygen atoms in total. The third-order valence-electron chi connectivity index (χ3n) is 4.12. The molecule has 0 radical (unpaired) electrons. The van der Waals surface area contributed by atoms with Crippen molar-refractivity contribution in [3.63, 3.8) is 0 Å². The summed E-state index contributed by atoms with van der Waals surface area (Å²) in [6.07, 6.45) is 2.64. The van der Waals surface area contributed by atoms with E-state index in [0.29, 0.717) is 5.92 Å². The van der Waals surface area contributed by atoms with Crippen molar-refractivity contribution in [1.82, 2.24) is 9.78 Å². The van der Waals surface area contributed by atoms with Crippen molar-refractivity contribution in [2.75, 3.05) is 18.4 Å². The molecular formula is C16H23N4S2+. The fourth-order valence-electron chi connectivity index (χ4n) is 2.78. The number of aromatic nitrogens is 2. The lowest BCUT2D eigenvalue weighted by Gasteiger charge is -2.11. The quantitative estimate of drug-likeness (QED) is 0.824. The van der Waals surface area contributed by atoms with Gasteiger partial charge in [-0.15, -0.1) is 5.10 Å². The minimum Gasteiger partial charge on any atom is -0.330 e. The summed E-state index contributed by atoms with van der Waals surface area (Å²) in [7, 11) is 0. The van der Waals surface area contributed by atoms with Gasteiger partial charge in [0.25, 0.3) is 0 Å². The van der Waals surface area contributed by atoms with Crippen molar-refractivity contribution >= 4 is 34.4 Å². The van der Waals surface area contributed by atoms with Gasteiger partial charge in [-0.25, -0.2) is 0 Å². The van der Waals surface area contributed by atoms with E-state index in [1.54, 1.807) is 16.2 Å². The molecule has 0 amide bonds. The molecule has 1 aromatic heterocycles. The van der Waals surface area contributed by atoms with Crippen LogP contribution in [0.5, 0.6) is 0 Å². The van der Waals surface area contributed by atoms with E-state index in [2.05, 4.69) is 48.5 Å². The molecule has 118 valence electrons. The van der Waals surface area contributed by atoms with Crippen LogP contribution in [0.3, 0.4) is 0 Å². The maximum absolute atomic E-state index is 5.44. The van der Waals surface area contributed by atoms with Crippen LogP contribution in [-0.4, -0.2) is 22.9 Å². The maximum Gasteiger partial charge on any atom is 0.209 e. The van der Waals surface area contributed by atoms with Gasteiger partial charge in [-0.05, 0) is 35.8 Å². The third-order valence-corrected chi connectivity index (χ3v) is 5.34. The molecule has 6 heteroatoms. The number of quaternary nitrogens is 1. The molecular weight excluding hydrogens is 312 g/mol. The normalized spacial score (nSPS) is 15.6. The first-order chi connectivity index (χ1) is 10.6. The summed E-state index contributed by atoms with van der Waals surface area (Å²) in [5.41, 5.74) is 2.41. The highest BCUT2D eigenvalue weighted by Crippen LogP contribution is 2.22. The molecule has 1 aliphatic heterocycles. The molecule has 3 rings (SSSR count). The van der Waals surface area contributed by atoms with Crippen molar-refractivity contribution in [1.29, 1.82) is 0 Å². The van der Waals surface area contributed by atoms with Gasteiger partial charge < -0.3 is 10.2 Å². The number of nitrogens with zero attached hydrogens (tertiary/aromatic N) is 2. The Hall–Kier alpha value is -1.24. The molecule has 1 fully saturated rings. The number of hydrogen-bond donors (Lipinski definition) is 2. The molecule has 2 aromatic rings. The fourth-order valence-corrected chi connectivity index (χ4v) is 3.80. The van der Waals surface area contributed by atoms with Crippen LogP contribution in [-0.2, 0) is 6.67 Å². The van der Waals surface area contributed by atoms with Gasteiger partial charge >= 0.3 is 0 Å². The first-order valence-electron chi connectivity index (χ1n) is 7.90. The van der Waals surface area contributed by atoms with Crippen LogP contribution >= 0.6 is 23.6 Å². The van der Waals surface area contributed by atoms with Crippen LogP contribution in [0.1, 0.15) is 38.2 Å². The Kier molecular flexibility index (Phi) is 4.90. The fraction of sp³-hybridized carbons (Fsp3) is 0.500. The smallest absolute Gasteiger partial charge is 0.209 e. The second kappa shape index (κ2) is 6.89. The Morgan fingerprint density at radius 3 is 2.59 bits per heavy atom. The van der Waals surface area contributed by atoms with Crippen molar-refractivity contribution in [3.05, 3.63) is 33.8 Å². The van der Waals surface area contributed by atoms with Gasteiger partial charge in [0, 0.05) is 18.5 Å². The molecule has 1 saturated heterocycles. The van der Waals surface area contributed by atoms with E-state index in [1.807, 2.05) is 4.68 Å². The van der Waals surface area contributed by atoms with E-state index in [0.717, 1.165) is 21.4 Å². The average molecular weight is 336 g/mol. The lowest BCUT2D eigenvalue weighted by atomic mass is 10.0. The van der Waals surface area contributed by atoms with E-state index in [-0.39, 0.29) is 0 Å². The lowest BCUT2D eigenvalue weighted by Crippen LogP contribution is -3.09. The molecule has 0 atom stereocenters. The summed E-state index contributed by atoms with van der Waals surface area (Å²) < 4.78 is 2.81. The van der Waals surface area contributed by atoms with Crippen LogP contribution in [0.4, 0.5) is 10.8 Å². The van der Waals surface area contributed by atoms with Gasteiger partial charge in [0.1, 0.15) is 0 Å². The Morgan fingerprint density at radius 2 is 1.95 bits per heavy atom. The maximum atomic E-state index is 5.44. The molecule has 0 unspecified atom stereocenters. The third kappa shape index (κ3) is 3.74. The minimum atomic E-state index is 0.554. The summed E-state index contributed by atoms with van der Waals surface area (Å²) in [6.45, 7) is 7.77. The number of benzene rings is 1. The van der Waals surface area contributed by atoms with Gasteiger partial charge in [-0.2, -0.15) is 4.68 Å². The number of rotatable bonds is 5. The van der Waals surface area contributed by atoms with Crippen molar-refractivity contribution < 1.29 is 4.90 Å². The van der Waals surface area contributed by atoms with E-state index < -0.39 is 0 Å². The van der Waals surface area contributed by atoms with Crippen LogP contribution < -0.4 is 10.2 Å². The van der Waals surface area contributed by atoms with Gasteiger partial charge in [0.2, 0.25) is 5.13 Å². The molecule has 0 bridgehead atoms. The second-order valence-electron chi connectivity index (χ2n) is 6.19. The van der Waals surface area contributed by atoms with E-state index in [9.17, 15) is 0 Å². The van der Waals surface area contributed by atoms with Crippen LogP contribution in [0, 0.1) is 3.95 Å². The Bertz CT molecular complexity index is 666. The number of nitrogens with one attached hydrogen (secondary N) is 2. The molecule has 0 saturated carbocycles. The van der Waals surface area contributed by atoms with E-state index in [4.69, 9.17) is 12.2 Å². The molecule has 1 aromatic carbocycles. The van der Waals surface area contributed by atoms with Crippen LogP contribution in [0.25, 0.3) is 0 Å². The molecule has 0 spiro atoms. The molecule has 22 heavy (non-hydrogen) atoms. The molecule has 2 N–H and O–H groups in total. The highest BCUT2D eigenvalue weighted by atomic mass is 32.1. The van der Waals surface area contributed by atoms with Crippen LogP contribution in [0.15, 0.2) is 24.3 Å². The first kappa shape index (κ1) is 15.6. The topological polar surface area (TPSA) is 34.3 Å². The zero-order valence-corrected chi connectivity index (χ0v) is 14.8. The average Bonchev–Trinajstić information content (AvgIpc) is 3.11. The van der Waals surface area contributed by atoms with Crippen molar-refractivity contribution in [3.8, 4) is 0 Å². The number of hydrogen-bond acceptors (Lipinski definition) is 4. The Balaban J connectivity index is 1.68. The van der Waals surface area contributed by atoms with Gasteiger partial charge in [-0.1, -0.05) is 37.3 Å². The van der Waals surface area contributed by atoms with Crippen molar-refractivity contribution in [2.24, 2.45) is 0 Å². The predicted molar refractivity (Wildman–Crippen MR) is 94.7 cm³/mol. The van der Waals surface area contributed by atoms with E-state index >= 15 is 0 Å². The standard InChI is InChI=1S/C16H22N4S2/c1-12(2)13-5-7-14(8-6-13)17-15-18-20(16(21)22-15)11-19-9-3-4-10-19/h5-8,12H,3-4,9-11H2,1-2H3,(H,17,18)/p+1. The molecule has 1 aliphatic rings. The van der Waals surface area contributed by atoms with Gasteiger partial charge in [0.05, 0.1) is 13.1 Å². The highest BCUT2D eigenvalue weighted by Gasteiger charge is 2.17. The number of likely N-dealkylation sites (tertiary alicyclic amines) is 1.